The van der Waals surface area contributed by atoms with Crippen molar-refractivity contribution in [2.24, 2.45) is 17.8 Å². The number of ether oxygens (including phenoxy) is 3. The molecule has 2 aromatic rings. The summed E-state index contributed by atoms with van der Waals surface area (Å²) in [6.07, 6.45) is 3.78. The van der Waals surface area contributed by atoms with E-state index in [1.807, 2.05) is 18.2 Å². The Hall–Kier alpha value is -4.70. The number of nitrogens with zero attached hydrogens (tertiary/aromatic N) is 2. The number of methoxy groups -OCH3 is 2. The molecule has 2 fully saturated rings. The predicted octanol–water partition coefficient (Wildman–Crippen LogP) is 3.88. The molecule has 2 aromatic carbocycles. The number of allylic oxidation sites excluding steroid dienone is 6. The van der Waals surface area contributed by atoms with E-state index in [4.69, 9.17) is 14.2 Å². The van der Waals surface area contributed by atoms with E-state index in [1.54, 1.807) is 19.1 Å². The molecule has 0 saturated carbocycles. The summed E-state index contributed by atoms with van der Waals surface area (Å²) in [6, 6.07) is 10.3. The fourth-order valence-electron chi connectivity index (χ4n) is 7.81. The molecular weight excluding hydrogens is 576 g/mol. The number of hydrogen-bond donors (Lipinski definition) is 1. The number of carbonyl (C=O) groups is 4. The molecular formula is C35H34N2O8. The molecule has 0 bridgehead atoms. The first-order valence-corrected chi connectivity index (χ1v) is 15.2. The van der Waals surface area contributed by atoms with Crippen molar-refractivity contribution in [1.29, 1.82) is 0 Å². The van der Waals surface area contributed by atoms with E-state index >= 15 is 0 Å². The van der Waals surface area contributed by atoms with Crippen molar-refractivity contribution in [3.63, 3.8) is 0 Å². The van der Waals surface area contributed by atoms with Gasteiger partial charge in [-0.25, -0.2) is 0 Å². The first-order valence-electron chi connectivity index (χ1n) is 15.2. The second-order valence-corrected chi connectivity index (χ2v) is 12.1. The fraction of sp³-hybridized carbons (Fsp3) is 0.371. The number of imide groups is 1. The molecule has 10 heteroatoms. The molecule has 4 atom stereocenters. The van der Waals surface area contributed by atoms with Crippen LogP contribution in [0.2, 0.25) is 0 Å². The zero-order valence-corrected chi connectivity index (χ0v) is 25.4. The summed E-state index contributed by atoms with van der Waals surface area (Å²) in [7, 11) is 2.91. The molecule has 2 amide bonds. The minimum absolute atomic E-state index is 0.0830. The van der Waals surface area contributed by atoms with Crippen LogP contribution in [-0.4, -0.2) is 69.0 Å². The molecule has 0 unspecified atom stereocenters. The van der Waals surface area contributed by atoms with E-state index in [9.17, 15) is 24.3 Å². The van der Waals surface area contributed by atoms with Gasteiger partial charge in [0.2, 0.25) is 11.8 Å². The van der Waals surface area contributed by atoms with Gasteiger partial charge in [0, 0.05) is 59.1 Å². The maximum Gasteiger partial charge on any atom is 0.238 e. The van der Waals surface area contributed by atoms with Gasteiger partial charge in [-0.15, -0.1) is 0 Å². The van der Waals surface area contributed by atoms with Crippen LogP contribution in [0.1, 0.15) is 31.2 Å². The number of carbonyl (C=O) groups excluding carboxylic acids is 4. The van der Waals surface area contributed by atoms with Crippen LogP contribution in [0.15, 0.2) is 70.8 Å². The van der Waals surface area contributed by atoms with Gasteiger partial charge in [-0.1, -0.05) is 11.6 Å². The van der Waals surface area contributed by atoms with Crippen LogP contribution in [-0.2, 0) is 23.9 Å². The number of amides is 2. The molecule has 2 aliphatic heterocycles. The van der Waals surface area contributed by atoms with Crippen LogP contribution >= 0.6 is 0 Å². The first kappa shape index (κ1) is 29.0. The van der Waals surface area contributed by atoms with Gasteiger partial charge < -0.3 is 24.2 Å². The van der Waals surface area contributed by atoms with Crippen molar-refractivity contribution in [3.8, 4) is 17.2 Å². The smallest absolute Gasteiger partial charge is 0.238 e. The maximum absolute atomic E-state index is 14.3. The Morgan fingerprint density at radius 1 is 0.889 bits per heavy atom. The van der Waals surface area contributed by atoms with Gasteiger partial charge in [0.05, 0.1) is 45.0 Å². The lowest BCUT2D eigenvalue weighted by molar-refractivity contribution is -0.123. The van der Waals surface area contributed by atoms with Crippen LogP contribution < -0.4 is 19.3 Å². The van der Waals surface area contributed by atoms with Crippen molar-refractivity contribution in [3.05, 3.63) is 76.4 Å². The molecule has 232 valence electrons. The Labute approximate surface area is 260 Å². The number of benzene rings is 2. The highest BCUT2D eigenvalue weighted by Crippen LogP contribution is 2.58. The molecule has 5 aliphatic rings. The highest BCUT2D eigenvalue weighted by molar-refractivity contribution is 6.25. The van der Waals surface area contributed by atoms with Crippen molar-refractivity contribution >= 4 is 34.8 Å². The third kappa shape index (κ3) is 4.49. The van der Waals surface area contributed by atoms with Gasteiger partial charge >= 0.3 is 0 Å². The highest BCUT2D eigenvalue weighted by atomic mass is 16.5. The summed E-state index contributed by atoms with van der Waals surface area (Å²) < 4.78 is 16.8. The average Bonchev–Trinajstić information content (AvgIpc) is 3.32. The van der Waals surface area contributed by atoms with Crippen molar-refractivity contribution in [2.75, 3.05) is 50.3 Å². The second kappa shape index (κ2) is 11.0. The molecule has 2 heterocycles. The summed E-state index contributed by atoms with van der Waals surface area (Å²) in [4.78, 5) is 58.9. The number of anilines is 2. The number of phenols is 1. The monoisotopic (exact) mass is 610 g/mol. The third-order valence-electron chi connectivity index (χ3n) is 9.86. The Balaban J connectivity index is 1.31. The van der Waals surface area contributed by atoms with E-state index in [2.05, 4.69) is 4.90 Å². The number of Topliss-reactive ketones (excluding diaryl/α,β-unsaturated/α-hetero) is 1. The predicted molar refractivity (Wildman–Crippen MR) is 165 cm³/mol. The van der Waals surface area contributed by atoms with Gasteiger partial charge in [0.25, 0.3) is 0 Å². The van der Waals surface area contributed by atoms with Crippen LogP contribution in [0, 0.1) is 17.8 Å². The molecule has 3 aliphatic carbocycles. The largest absolute Gasteiger partial charge is 0.508 e. The summed E-state index contributed by atoms with van der Waals surface area (Å²) in [5.74, 6) is -3.21. The SMILES string of the molecule is COc1cc(O)cc(OC)c1[C@H]1C2=CC[C@@H]3C(=O)N(c4ccc(N5CCOCC5)cc4)C(=O)[C@@H]3[C@@H]2CC2=C1C(=O)C=C(C)C2=O. The molecule has 7 rings (SSSR count). The van der Waals surface area contributed by atoms with Crippen molar-refractivity contribution < 1.29 is 38.5 Å². The zero-order valence-electron chi connectivity index (χ0n) is 25.4. The van der Waals surface area contributed by atoms with Crippen LogP contribution in [0.5, 0.6) is 17.2 Å². The van der Waals surface area contributed by atoms with E-state index < -0.39 is 23.7 Å². The van der Waals surface area contributed by atoms with Crippen LogP contribution in [0.3, 0.4) is 0 Å². The van der Waals surface area contributed by atoms with Gasteiger partial charge in [-0.05, 0) is 56.0 Å². The Morgan fingerprint density at radius 3 is 2.18 bits per heavy atom. The lowest BCUT2D eigenvalue weighted by Gasteiger charge is -2.42. The van der Waals surface area contributed by atoms with E-state index in [0.717, 1.165) is 24.4 Å². The van der Waals surface area contributed by atoms with Crippen LogP contribution in [0.25, 0.3) is 0 Å². The quantitative estimate of drug-likeness (QED) is 0.305. The Morgan fingerprint density at radius 2 is 1.53 bits per heavy atom. The summed E-state index contributed by atoms with van der Waals surface area (Å²) >= 11 is 0. The highest BCUT2D eigenvalue weighted by Gasteiger charge is 2.57. The Kier molecular flexibility index (Phi) is 7.12. The van der Waals surface area contributed by atoms with Crippen molar-refractivity contribution in [1.82, 2.24) is 0 Å². The second-order valence-electron chi connectivity index (χ2n) is 12.1. The molecule has 0 aromatic heterocycles. The third-order valence-corrected chi connectivity index (χ3v) is 9.86. The summed E-state index contributed by atoms with van der Waals surface area (Å²) in [5, 5.41) is 10.4. The Bertz CT molecular complexity index is 1700. The molecule has 1 N–H and O–H groups in total. The maximum atomic E-state index is 14.3. The lowest BCUT2D eigenvalue weighted by Crippen LogP contribution is -2.40. The van der Waals surface area contributed by atoms with Crippen molar-refractivity contribution in [2.45, 2.75) is 25.7 Å². The lowest BCUT2D eigenvalue weighted by atomic mass is 9.59. The minimum atomic E-state index is -0.768. The number of morpholine rings is 1. The van der Waals surface area contributed by atoms with E-state index in [0.29, 0.717) is 47.6 Å². The first-order chi connectivity index (χ1) is 21.7. The van der Waals surface area contributed by atoms with Gasteiger partial charge in [-0.2, -0.15) is 0 Å². The summed E-state index contributed by atoms with van der Waals surface area (Å²) in [6.45, 7) is 4.45. The average molecular weight is 611 g/mol. The van der Waals surface area contributed by atoms with Gasteiger partial charge in [0.1, 0.15) is 17.2 Å². The van der Waals surface area contributed by atoms with E-state index in [1.165, 1.54) is 37.3 Å². The number of rotatable bonds is 5. The number of ketones is 2. The van der Waals surface area contributed by atoms with Gasteiger partial charge in [-0.3, -0.25) is 24.1 Å². The van der Waals surface area contributed by atoms with E-state index in [-0.39, 0.29) is 47.1 Å². The minimum Gasteiger partial charge on any atom is -0.508 e. The molecule has 0 radical (unpaired) electrons. The number of phenolic OH excluding ortho intramolecular Hbond substituents is 1. The fourth-order valence-corrected chi connectivity index (χ4v) is 7.81. The zero-order chi connectivity index (χ0) is 31.6. The standard InChI is InChI=1S/C35H34N2O8/c1-18-14-26(39)30-25(33(18)40)17-24-22(31(30)32-27(43-2)15-21(38)16-28(32)44-3)8-9-23-29(24)35(42)37(34(23)41)20-6-4-19(5-7-20)36-10-12-45-13-11-36/h4-8,14-16,23-24,29,31,38H,9-13,17H2,1-3H3/t23-,24+,29-,31-/m0/s1. The molecule has 10 nitrogen and oxygen atoms in total. The van der Waals surface area contributed by atoms with Crippen LogP contribution in [0.4, 0.5) is 11.4 Å². The van der Waals surface area contributed by atoms with Gasteiger partial charge in [0.15, 0.2) is 11.6 Å². The number of hydrogen-bond acceptors (Lipinski definition) is 9. The number of aromatic hydroxyl groups is 1. The normalized spacial score (nSPS) is 26.3. The topological polar surface area (TPSA) is 123 Å². The molecule has 2 saturated heterocycles. The molecule has 45 heavy (non-hydrogen) atoms. The number of fused-ring (bicyclic) bond motifs is 3. The summed E-state index contributed by atoms with van der Waals surface area (Å²) in [5.41, 5.74) is 3.77. The molecule has 0 spiro atoms.